The standard InChI is InChI=1S/C22H26F3N5O6/c1-21(14-29-11-18(30(32)33)26-19(29)36-21)13-27(2)16-7-9-28(10-8-16)20(31)34-12-15-3-5-17(6-4-15)35-22(23,24)25/h3-6,11,16H,7-10,12-14H2,1-2H3/t21-/m0/s1. The van der Waals surface area contributed by atoms with Gasteiger partial charge in [-0.3, -0.25) is 9.47 Å². The number of hydrogen-bond acceptors (Lipinski definition) is 8. The quantitative estimate of drug-likeness (QED) is 0.408. The van der Waals surface area contributed by atoms with Crippen molar-refractivity contribution in [2.45, 2.75) is 50.9 Å². The summed E-state index contributed by atoms with van der Waals surface area (Å²) in [4.78, 5) is 30.4. The Balaban J connectivity index is 1.20. The molecule has 1 saturated heterocycles. The van der Waals surface area contributed by atoms with Gasteiger partial charge in [-0.1, -0.05) is 12.1 Å². The van der Waals surface area contributed by atoms with Gasteiger partial charge in [-0.25, -0.2) is 4.79 Å². The fraction of sp³-hybridized carbons (Fsp3) is 0.545. The summed E-state index contributed by atoms with van der Waals surface area (Å²) in [5.74, 6) is -0.584. The molecule has 36 heavy (non-hydrogen) atoms. The summed E-state index contributed by atoms with van der Waals surface area (Å²) in [6.45, 7) is 3.89. The third-order valence-corrected chi connectivity index (χ3v) is 6.21. The first-order valence-corrected chi connectivity index (χ1v) is 11.3. The number of nitrogens with zero attached hydrogens (tertiary/aromatic N) is 5. The SMILES string of the molecule is CN(C[C@@]1(C)Cn2cc([N+](=O)[O-])nc2O1)C1CCN(C(=O)OCc2ccc(OC(F)(F)F)cc2)CC1. The van der Waals surface area contributed by atoms with E-state index in [1.54, 1.807) is 9.47 Å². The number of carbonyl (C=O) groups is 1. The van der Waals surface area contributed by atoms with Gasteiger partial charge in [0.05, 0.1) is 6.54 Å². The van der Waals surface area contributed by atoms with Gasteiger partial charge < -0.3 is 29.2 Å². The number of halogens is 3. The molecule has 4 rings (SSSR count). The maximum absolute atomic E-state index is 12.4. The molecule has 0 spiro atoms. The van der Waals surface area contributed by atoms with Crippen LogP contribution >= 0.6 is 0 Å². The number of amides is 1. The van der Waals surface area contributed by atoms with Crippen molar-refractivity contribution >= 4 is 11.9 Å². The van der Waals surface area contributed by atoms with Gasteiger partial charge in [-0.2, -0.15) is 0 Å². The van der Waals surface area contributed by atoms with Crippen LogP contribution in [0.15, 0.2) is 30.5 Å². The smallest absolute Gasteiger partial charge is 0.445 e. The number of ether oxygens (including phenoxy) is 3. The minimum absolute atomic E-state index is 0.0619. The van der Waals surface area contributed by atoms with E-state index >= 15 is 0 Å². The van der Waals surface area contributed by atoms with E-state index in [9.17, 15) is 28.1 Å². The fourth-order valence-electron chi connectivity index (χ4n) is 4.53. The van der Waals surface area contributed by atoms with Gasteiger partial charge in [-0.15, -0.1) is 13.2 Å². The molecule has 1 atom stereocenters. The third-order valence-electron chi connectivity index (χ3n) is 6.21. The van der Waals surface area contributed by atoms with E-state index in [4.69, 9.17) is 9.47 Å². The van der Waals surface area contributed by atoms with Crippen molar-refractivity contribution in [3.05, 3.63) is 46.1 Å². The normalized spacial score (nSPS) is 20.2. The van der Waals surface area contributed by atoms with Crippen molar-refractivity contribution < 1.29 is 37.1 Å². The highest BCUT2D eigenvalue weighted by atomic mass is 19.4. The molecule has 1 amide bonds. The van der Waals surface area contributed by atoms with Crippen LogP contribution in [0, 0.1) is 10.1 Å². The minimum atomic E-state index is -4.76. The minimum Gasteiger partial charge on any atom is -0.445 e. The van der Waals surface area contributed by atoms with Gasteiger partial charge in [0.2, 0.25) is 0 Å². The van der Waals surface area contributed by atoms with Gasteiger partial charge in [0.1, 0.15) is 24.2 Å². The van der Waals surface area contributed by atoms with Crippen LogP contribution in [0.1, 0.15) is 25.3 Å². The molecule has 0 saturated carbocycles. The number of aromatic nitrogens is 2. The predicted molar refractivity (Wildman–Crippen MR) is 118 cm³/mol. The average Bonchev–Trinajstić information content (AvgIpc) is 3.32. The lowest BCUT2D eigenvalue weighted by molar-refractivity contribution is -0.389. The molecule has 2 aliphatic rings. The molecular weight excluding hydrogens is 487 g/mol. The lowest BCUT2D eigenvalue weighted by Gasteiger charge is -2.38. The van der Waals surface area contributed by atoms with Crippen molar-refractivity contribution in [1.82, 2.24) is 19.4 Å². The summed E-state index contributed by atoms with van der Waals surface area (Å²) in [6, 6.07) is 5.59. The third kappa shape index (κ3) is 6.17. The van der Waals surface area contributed by atoms with Crippen LogP contribution in [0.25, 0.3) is 0 Å². The molecule has 2 aliphatic heterocycles. The number of alkyl halides is 3. The number of piperidine rings is 1. The van der Waals surface area contributed by atoms with Gasteiger partial charge in [0.25, 0.3) is 0 Å². The van der Waals surface area contributed by atoms with Crippen molar-refractivity contribution in [2.24, 2.45) is 0 Å². The zero-order valence-corrected chi connectivity index (χ0v) is 19.7. The maximum Gasteiger partial charge on any atom is 0.573 e. The number of carbonyl (C=O) groups excluding carboxylic acids is 1. The molecular formula is C22H26F3N5O6. The number of likely N-dealkylation sites (N-methyl/N-ethyl adjacent to an activating group) is 1. The number of fused-ring (bicyclic) bond motifs is 1. The summed E-state index contributed by atoms with van der Waals surface area (Å²) in [6.07, 6.45) is -2.43. The van der Waals surface area contributed by atoms with E-state index in [0.717, 1.165) is 12.8 Å². The Morgan fingerprint density at radius 2 is 1.97 bits per heavy atom. The molecule has 0 N–H and O–H groups in total. The summed E-state index contributed by atoms with van der Waals surface area (Å²) in [5.41, 5.74) is -0.0363. The molecule has 196 valence electrons. The highest BCUT2D eigenvalue weighted by Crippen LogP contribution is 2.32. The number of nitro groups is 1. The maximum atomic E-state index is 12.4. The van der Waals surface area contributed by atoms with Gasteiger partial charge >= 0.3 is 24.3 Å². The highest BCUT2D eigenvalue weighted by Gasteiger charge is 2.42. The summed E-state index contributed by atoms with van der Waals surface area (Å²) in [5, 5.41) is 10.9. The fourth-order valence-corrected chi connectivity index (χ4v) is 4.53. The van der Waals surface area contributed by atoms with Crippen LogP contribution in [0.2, 0.25) is 0 Å². The lowest BCUT2D eigenvalue weighted by atomic mass is 10.0. The van der Waals surface area contributed by atoms with Crippen LogP contribution in [0.5, 0.6) is 11.8 Å². The molecule has 3 heterocycles. The van der Waals surface area contributed by atoms with Crippen molar-refractivity contribution in [3.63, 3.8) is 0 Å². The molecule has 0 radical (unpaired) electrons. The Hall–Kier alpha value is -3.55. The molecule has 0 unspecified atom stereocenters. The van der Waals surface area contributed by atoms with Crippen molar-refractivity contribution in [3.8, 4) is 11.8 Å². The van der Waals surface area contributed by atoms with E-state index in [-0.39, 0.29) is 30.2 Å². The van der Waals surface area contributed by atoms with E-state index in [2.05, 4.69) is 14.6 Å². The number of benzene rings is 1. The summed E-state index contributed by atoms with van der Waals surface area (Å²) >= 11 is 0. The largest absolute Gasteiger partial charge is 0.573 e. The Morgan fingerprint density at radius 1 is 1.31 bits per heavy atom. The van der Waals surface area contributed by atoms with E-state index in [1.807, 2.05) is 14.0 Å². The van der Waals surface area contributed by atoms with Gasteiger partial charge in [0, 0.05) is 30.7 Å². The Labute approximate surface area is 204 Å². The average molecular weight is 513 g/mol. The van der Waals surface area contributed by atoms with Gasteiger partial charge in [-0.05, 0) is 49.4 Å². The second-order valence-corrected chi connectivity index (χ2v) is 9.20. The molecule has 14 heteroatoms. The monoisotopic (exact) mass is 513 g/mol. The van der Waals surface area contributed by atoms with E-state index in [0.29, 0.717) is 31.7 Å². The van der Waals surface area contributed by atoms with Crippen LogP contribution < -0.4 is 9.47 Å². The summed E-state index contributed by atoms with van der Waals surface area (Å²) in [7, 11) is 1.98. The molecule has 0 aliphatic carbocycles. The zero-order valence-electron chi connectivity index (χ0n) is 19.7. The van der Waals surface area contributed by atoms with Crippen molar-refractivity contribution in [1.29, 1.82) is 0 Å². The molecule has 1 fully saturated rings. The van der Waals surface area contributed by atoms with Crippen LogP contribution in [-0.2, 0) is 17.9 Å². The first kappa shape index (κ1) is 25.5. The summed E-state index contributed by atoms with van der Waals surface area (Å²) < 4.78 is 53.4. The van der Waals surface area contributed by atoms with Gasteiger partial charge in [0.15, 0.2) is 0 Å². The zero-order chi connectivity index (χ0) is 26.1. The topological polar surface area (TPSA) is 112 Å². The van der Waals surface area contributed by atoms with E-state index < -0.39 is 23.0 Å². The number of imidazole rings is 1. The lowest BCUT2D eigenvalue weighted by Crippen LogP contribution is -2.51. The Kier molecular flexibility index (Phi) is 6.98. The number of likely N-dealkylation sites (tertiary alicyclic amines) is 1. The molecule has 1 aromatic carbocycles. The van der Waals surface area contributed by atoms with Crippen LogP contribution in [-0.4, -0.2) is 75.1 Å². The molecule has 2 aromatic rings. The van der Waals surface area contributed by atoms with E-state index in [1.165, 1.54) is 30.5 Å². The van der Waals surface area contributed by atoms with Crippen LogP contribution in [0.4, 0.5) is 23.8 Å². The molecule has 0 bridgehead atoms. The number of rotatable bonds is 7. The molecule has 11 nitrogen and oxygen atoms in total. The van der Waals surface area contributed by atoms with Crippen LogP contribution in [0.3, 0.4) is 0 Å². The second kappa shape index (κ2) is 9.84. The first-order valence-electron chi connectivity index (χ1n) is 11.3. The number of hydrogen-bond donors (Lipinski definition) is 0. The second-order valence-electron chi connectivity index (χ2n) is 9.20. The highest BCUT2D eigenvalue weighted by molar-refractivity contribution is 5.67. The molecule has 1 aromatic heterocycles. The Morgan fingerprint density at radius 3 is 2.56 bits per heavy atom. The Bertz CT molecular complexity index is 1080. The first-order chi connectivity index (χ1) is 16.9. The van der Waals surface area contributed by atoms with Crippen molar-refractivity contribution in [2.75, 3.05) is 26.7 Å². The predicted octanol–water partition coefficient (Wildman–Crippen LogP) is 3.57.